The summed E-state index contributed by atoms with van der Waals surface area (Å²) in [6.45, 7) is 5.53. The third kappa shape index (κ3) is 3.35. The lowest BCUT2D eigenvalue weighted by Gasteiger charge is -2.34. The zero-order valence-electron chi connectivity index (χ0n) is 11.9. The van der Waals surface area contributed by atoms with Crippen LogP contribution < -0.4 is 5.32 Å². The molecule has 100 valence electrons. The maximum Gasteiger partial charge on any atom is 0.0348 e. The Kier molecular flexibility index (Phi) is 5.25. The van der Waals surface area contributed by atoms with Crippen LogP contribution in [0.3, 0.4) is 0 Å². The van der Waals surface area contributed by atoms with E-state index in [1.807, 2.05) is 0 Å². The largest absolute Gasteiger partial charge is 0.310 e. The van der Waals surface area contributed by atoms with Crippen LogP contribution in [0.25, 0.3) is 0 Å². The second kappa shape index (κ2) is 6.94. The van der Waals surface area contributed by atoms with E-state index in [9.17, 15) is 0 Å². The summed E-state index contributed by atoms with van der Waals surface area (Å²) in [6.07, 6.45) is 8.03. The van der Waals surface area contributed by atoms with E-state index in [0.29, 0.717) is 6.04 Å². The van der Waals surface area contributed by atoms with Gasteiger partial charge in [-0.3, -0.25) is 0 Å². The normalized spacial score (nSPS) is 17.4. The minimum Gasteiger partial charge on any atom is -0.310 e. The van der Waals surface area contributed by atoms with E-state index in [-0.39, 0.29) is 0 Å². The highest BCUT2D eigenvalue weighted by Gasteiger charge is 2.27. The monoisotopic (exact) mass is 245 g/mol. The molecule has 1 aliphatic carbocycles. The van der Waals surface area contributed by atoms with Gasteiger partial charge in [0, 0.05) is 6.04 Å². The first-order chi connectivity index (χ1) is 8.85. The average Bonchev–Trinajstić information content (AvgIpc) is 2.34. The third-order valence-corrected chi connectivity index (χ3v) is 4.20. The van der Waals surface area contributed by atoms with Crippen LogP contribution in [0.1, 0.15) is 63.1 Å². The quantitative estimate of drug-likeness (QED) is 0.747. The fourth-order valence-electron chi connectivity index (χ4n) is 2.82. The molecule has 18 heavy (non-hydrogen) atoms. The predicted molar refractivity (Wildman–Crippen MR) is 78.8 cm³/mol. The SMILES string of the molecule is CCCCc1ccc(C(NCC)C2CCC2)cc1. The zero-order valence-corrected chi connectivity index (χ0v) is 11.9. The molecular formula is C17H27N. The Bertz CT molecular complexity index is 337. The lowest BCUT2D eigenvalue weighted by atomic mass is 9.77. The minimum absolute atomic E-state index is 0.587. The number of nitrogens with one attached hydrogen (secondary N) is 1. The van der Waals surface area contributed by atoms with Crippen molar-refractivity contribution in [1.82, 2.24) is 5.32 Å². The van der Waals surface area contributed by atoms with Gasteiger partial charge in [-0.05, 0) is 49.3 Å². The molecule has 1 aromatic carbocycles. The zero-order chi connectivity index (χ0) is 12.8. The molecule has 2 rings (SSSR count). The summed E-state index contributed by atoms with van der Waals surface area (Å²) < 4.78 is 0. The first-order valence-electron chi connectivity index (χ1n) is 7.67. The molecule has 1 aromatic rings. The van der Waals surface area contributed by atoms with Crippen molar-refractivity contribution in [1.29, 1.82) is 0 Å². The van der Waals surface area contributed by atoms with Crippen molar-refractivity contribution in [3.63, 3.8) is 0 Å². The lowest BCUT2D eigenvalue weighted by molar-refractivity contribution is 0.233. The van der Waals surface area contributed by atoms with E-state index < -0.39 is 0 Å². The molecule has 1 unspecified atom stereocenters. The first kappa shape index (κ1) is 13.6. The fraction of sp³-hybridized carbons (Fsp3) is 0.647. The summed E-state index contributed by atoms with van der Waals surface area (Å²) in [7, 11) is 0. The van der Waals surface area contributed by atoms with Gasteiger partial charge in [-0.25, -0.2) is 0 Å². The van der Waals surface area contributed by atoms with Crippen LogP contribution in [-0.2, 0) is 6.42 Å². The lowest BCUT2D eigenvalue weighted by Crippen LogP contribution is -2.32. The van der Waals surface area contributed by atoms with Crippen molar-refractivity contribution in [2.24, 2.45) is 5.92 Å². The molecule has 0 aliphatic heterocycles. The Balaban J connectivity index is 2.00. The molecule has 1 aliphatic rings. The fourth-order valence-corrected chi connectivity index (χ4v) is 2.82. The highest BCUT2D eigenvalue weighted by atomic mass is 14.9. The Labute approximate surface area is 112 Å². The Morgan fingerprint density at radius 1 is 1.17 bits per heavy atom. The standard InChI is InChI=1S/C17H27N/c1-3-5-7-14-10-12-16(13-11-14)17(18-4-2)15-8-6-9-15/h10-13,15,17-18H,3-9H2,1-2H3. The van der Waals surface area contributed by atoms with Crippen molar-refractivity contribution in [2.75, 3.05) is 6.54 Å². The number of aryl methyl sites for hydroxylation is 1. The Hall–Kier alpha value is -0.820. The van der Waals surface area contributed by atoms with E-state index in [1.165, 1.54) is 49.7 Å². The van der Waals surface area contributed by atoms with Crippen LogP contribution in [0.15, 0.2) is 24.3 Å². The van der Waals surface area contributed by atoms with Crippen molar-refractivity contribution in [3.05, 3.63) is 35.4 Å². The first-order valence-corrected chi connectivity index (χ1v) is 7.67. The highest BCUT2D eigenvalue weighted by molar-refractivity contribution is 5.26. The second-order valence-electron chi connectivity index (χ2n) is 5.57. The predicted octanol–water partition coefficient (Wildman–Crippen LogP) is 4.48. The average molecular weight is 245 g/mol. The minimum atomic E-state index is 0.587. The van der Waals surface area contributed by atoms with E-state index in [1.54, 1.807) is 0 Å². The summed E-state index contributed by atoms with van der Waals surface area (Å²) in [6, 6.07) is 9.93. The van der Waals surface area contributed by atoms with E-state index in [0.717, 1.165) is 12.5 Å². The topological polar surface area (TPSA) is 12.0 Å². The van der Waals surface area contributed by atoms with Crippen LogP contribution in [-0.4, -0.2) is 6.54 Å². The van der Waals surface area contributed by atoms with Crippen LogP contribution >= 0.6 is 0 Å². The van der Waals surface area contributed by atoms with Crippen molar-refractivity contribution >= 4 is 0 Å². The van der Waals surface area contributed by atoms with E-state index >= 15 is 0 Å². The molecule has 1 N–H and O–H groups in total. The highest BCUT2D eigenvalue weighted by Crippen LogP contribution is 2.37. The molecule has 1 atom stereocenters. The van der Waals surface area contributed by atoms with Gasteiger partial charge in [0.1, 0.15) is 0 Å². The van der Waals surface area contributed by atoms with Crippen molar-refractivity contribution < 1.29 is 0 Å². The molecule has 0 saturated heterocycles. The summed E-state index contributed by atoms with van der Waals surface area (Å²) in [4.78, 5) is 0. The number of unbranched alkanes of at least 4 members (excludes halogenated alkanes) is 1. The van der Waals surface area contributed by atoms with Gasteiger partial charge >= 0.3 is 0 Å². The van der Waals surface area contributed by atoms with Crippen LogP contribution in [0.4, 0.5) is 0 Å². The summed E-state index contributed by atoms with van der Waals surface area (Å²) in [5, 5.41) is 3.66. The third-order valence-electron chi connectivity index (χ3n) is 4.20. The van der Waals surface area contributed by atoms with E-state index in [4.69, 9.17) is 0 Å². The van der Waals surface area contributed by atoms with Gasteiger partial charge in [-0.2, -0.15) is 0 Å². The van der Waals surface area contributed by atoms with Crippen LogP contribution in [0.5, 0.6) is 0 Å². The van der Waals surface area contributed by atoms with Gasteiger partial charge in [-0.15, -0.1) is 0 Å². The van der Waals surface area contributed by atoms with Crippen LogP contribution in [0.2, 0.25) is 0 Å². The van der Waals surface area contributed by atoms with Gasteiger partial charge in [-0.1, -0.05) is 51.0 Å². The van der Waals surface area contributed by atoms with Gasteiger partial charge in [0.2, 0.25) is 0 Å². The van der Waals surface area contributed by atoms with E-state index in [2.05, 4.69) is 43.4 Å². The molecule has 0 heterocycles. The smallest absolute Gasteiger partial charge is 0.0348 e. The van der Waals surface area contributed by atoms with Gasteiger partial charge in [0.15, 0.2) is 0 Å². The molecule has 0 spiro atoms. The van der Waals surface area contributed by atoms with Crippen molar-refractivity contribution in [2.45, 2.75) is 58.4 Å². The molecule has 0 aromatic heterocycles. The molecule has 0 bridgehead atoms. The number of rotatable bonds is 7. The van der Waals surface area contributed by atoms with Crippen molar-refractivity contribution in [3.8, 4) is 0 Å². The van der Waals surface area contributed by atoms with Gasteiger partial charge in [0.25, 0.3) is 0 Å². The maximum atomic E-state index is 3.66. The second-order valence-corrected chi connectivity index (χ2v) is 5.57. The maximum absolute atomic E-state index is 3.66. The molecule has 1 heteroatoms. The Morgan fingerprint density at radius 2 is 1.89 bits per heavy atom. The Morgan fingerprint density at radius 3 is 2.39 bits per heavy atom. The number of benzene rings is 1. The molecular weight excluding hydrogens is 218 g/mol. The number of hydrogen-bond donors (Lipinski definition) is 1. The molecule has 0 radical (unpaired) electrons. The van der Waals surface area contributed by atoms with Gasteiger partial charge in [0.05, 0.1) is 0 Å². The van der Waals surface area contributed by atoms with Gasteiger partial charge < -0.3 is 5.32 Å². The van der Waals surface area contributed by atoms with Crippen LogP contribution in [0, 0.1) is 5.92 Å². The summed E-state index contributed by atoms with van der Waals surface area (Å²) in [5.74, 6) is 0.867. The molecule has 1 fully saturated rings. The summed E-state index contributed by atoms with van der Waals surface area (Å²) >= 11 is 0. The number of hydrogen-bond acceptors (Lipinski definition) is 1. The molecule has 0 amide bonds. The summed E-state index contributed by atoms with van der Waals surface area (Å²) in [5.41, 5.74) is 2.98. The molecule has 1 nitrogen and oxygen atoms in total. The molecule has 1 saturated carbocycles.